The van der Waals surface area contributed by atoms with Crippen molar-refractivity contribution in [1.82, 2.24) is 14.9 Å². The molecule has 0 bridgehead atoms. The Hall–Kier alpha value is -2.54. The van der Waals surface area contributed by atoms with Gasteiger partial charge in [-0.3, -0.25) is 0 Å². The highest BCUT2D eigenvalue weighted by Gasteiger charge is 2.22. The molecule has 0 amide bonds. The predicted octanol–water partition coefficient (Wildman–Crippen LogP) is 1.72. The smallest absolute Gasteiger partial charge is 0.222 e. The van der Waals surface area contributed by atoms with Crippen molar-refractivity contribution in [2.24, 2.45) is 0 Å². The molecule has 0 aliphatic carbocycles. The summed E-state index contributed by atoms with van der Waals surface area (Å²) in [5.41, 5.74) is 8.13. The molecule has 1 aromatic carbocycles. The van der Waals surface area contributed by atoms with Crippen molar-refractivity contribution in [3.05, 3.63) is 18.2 Å². The lowest BCUT2D eigenvalue weighted by Crippen LogP contribution is -2.44. The van der Waals surface area contributed by atoms with Crippen molar-refractivity contribution < 1.29 is 9.15 Å². The normalized spacial score (nSPS) is 16.3. The highest BCUT2D eigenvalue weighted by molar-refractivity contribution is 6.06. The molecule has 3 aromatic rings. The Kier molecular flexibility index (Phi) is 3.23. The van der Waals surface area contributed by atoms with Crippen molar-refractivity contribution in [3.63, 3.8) is 0 Å². The molecule has 0 saturated carbocycles. The number of nitrogens with two attached hydrogens (primary N) is 1. The van der Waals surface area contributed by atoms with Crippen LogP contribution in [0.15, 0.2) is 22.6 Å². The van der Waals surface area contributed by atoms with Gasteiger partial charge >= 0.3 is 0 Å². The molecule has 3 heterocycles. The fourth-order valence-electron chi connectivity index (χ4n) is 2.98. The van der Waals surface area contributed by atoms with Gasteiger partial charge in [0.25, 0.3) is 0 Å². The third kappa shape index (κ3) is 2.33. The minimum absolute atomic E-state index is 0.261. The van der Waals surface area contributed by atoms with Crippen LogP contribution in [0, 0.1) is 0 Å². The van der Waals surface area contributed by atoms with Crippen LogP contribution in [0.25, 0.3) is 22.1 Å². The molecule has 23 heavy (non-hydrogen) atoms. The van der Waals surface area contributed by atoms with Gasteiger partial charge in [0.15, 0.2) is 11.4 Å². The molecule has 4 rings (SSSR count). The lowest BCUT2D eigenvalue weighted by atomic mass is 10.2. The fraction of sp³-hybridized carbons (Fsp3) is 0.375. The molecule has 0 unspecified atom stereocenters. The van der Waals surface area contributed by atoms with Gasteiger partial charge < -0.3 is 24.7 Å². The van der Waals surface area contributed by atoms with Crippen molar-refractivity contribution in [3.8, 4) is 5.75 Å². The Balaban J connectivity index is 1.90. The number of nitrogens with zero attached hydrogens (tertiary/aromatic N) is 4. The summed E-state index contributed by atoms with van der Waals surface area (Å²) in [6.45, 7) is 3.75. The zero-order valence-corrected chi connectivity index (χ0v) is 13.2. The van der Waals surface area contributed by atoms with Crippen molar-refractivity contribution in [2.75, 3.05) is 51.0 Å². The first kappa shape index (κ1) is 14.1. The Labute approximate surface area is 133 Å². The van der Waals surface area contributed by atoms with Gasteiger partial charge in [-0.15, -0.1) is 0 Å². The summed E-state index contributed by atoms with van der Waals surface area (Å²) in [6.07, 6.45) is 0. The summed E-state index contributed by atoms with van der Waals surface area (Å²) < 4.78 is 11.3. The number of piperazine rings is 1. The quantitative estimate of drug-likeness (QED) is 0.771. The zero-order chi connectivity index (χ0) is 16.0. The summed E-state index contributed by atoms with van der Waals surface area (Å²) in [5, 5.41) is 0.892. The van der Waals surface area contributed by atoms with Crippen LogP contribution in [0.2, 0.25) is 0 Å². The lowest BCUT2D eigenvalue weighted by molar-refractivity contribution is 0.312. The van der Waals surface area contributed by atoms with E-state index in [1.807, 2.05) is 18.2 Å². The minimum Gasteiger partial charge on any atom is -0.497 e. The third-order valence-corrected chi connectivity index (χ3v) is 4.32. The summed E-state index contributed by atoms with van der Waals surface area (Å²) in [4.78, 5) is 13.3. The second-order valence-corrected chi connectivity index (χ2v) is 5.84. The van der Waals surface area contributed by atoms with Crippen LogP contribution >= 0.6 is 0 Å². The van der Waals surface area contributed by atoms with Crippen LogP contribution in [0.3, 0.4) is 0 Å². The average molecular weight is 313 g/mol. The van der Waals surface area contributed by atoms with E-state index in [4.69, 9.17) is 14.9 Å². The molecule has 1 aliphatic heterocycles. The highest BCUT2D eigenvalue weighted by Crippen LogP contribution is 2.35. The number of hydrogen-bond donors (Lipinski definition) is 1. The molecule has 0 radical (unpaired) electrons. The highest BCUT2D eigenvalue weighted by atomic mass is 16.5. The van der Waals surface area contributed by atoms with Gasteiger partial charge in [-0.2, -0.15) is 4.98 Å². The third-order valence-electron chi connectivity index (χ3n) is 4.32. The van der Waals surface area contributed by atoms with Crippen LogP contribution < -0.4 is 15.4 Å². The average Bonchev–Trinajstić information content (AvgIpc) is 2.92. The van der Waals surface area contributed by atoms with E-state index in [1.54, 1.807) is 7.11 Å². The van der Waals surface area contributed by atoms with E-state index in [0.717, 1.165) is 54.2 Å². The zero-order valence-electron chi connectivity index (χ0n) is 13.2. The molecule has 0 atom stereocenters. The number of likely N-dealkylation sites (N-methyl/N-ethyl adjacent to an activating group) is 1. The number of hydrogen-bond acceptors (Lipinski definition) is 7. The van der Waals surface area contributed by atoms with Gasteiger partial charge in [-0.25, -0.2) is 4.98 Å². The predicted molar refractivity (Wildman–Crippen MR) is 90.0 cm³/mol. The number of ether oxygens (including phenoxy) is 1. The van der Waals surface area contributed by atoms with E-state index < -0.39 is 0 Å². The lowest BCUT2D eigenvalue weighted by Gasteiger charge is -2.33. The van der Waals surface area contributed by atoms with E-state index in [9.17, 15) is 0 Å². The molecule has 1 aliphatic rings. The fourth-order valence-corrected chi connectivity index (χ4v) is 2.98. The Bertz CT molecular complexity index is 868. The number of aromatic nitrogens is 2. The van der Waals surface area contributed by atoms with E-state index in [1.165, 1.54) is 0 Å². The molecular formula is C16H19N5O2. The number of anilines is 2. The van der Waals surface area contributed by atoms with E-state index in [2.05, 4.69) is 26.8 Å². The molecular weight excluding hydrogens is 294 g/mol. The van der Waals surface area contributed by atoms with Crippen molar-refractivity contribution in [1.29, 1.82) is 0 Å². The van der Waals surface area contributed by atoms with Gasteiger partial charge in [-0.1, -0.05) is 0 Å². The number of benzene rings is 1. The molecule has 7 heteroatoms. The maximum absolute atomic E-state index is 6.03. The SMILES string of the molecule is COc1ccc2oc3c(N4CCN(C)CC4)nc(N)nc3c2c1. The first-order valence-corrected chi connectivity index (χ1v) is 7.63. The van der Waals surface area contributed by atoms with Gasteiger partial charge in [0.2, 0.25) is 5.95 Å². The number of rotatable bonds is 2. The molecule has 2 N–H and O–H groups in total. The Morgan fingerprint density at radius 3 is 2.70 bits per heavy atom. The monoisotopic (exact) mass is 313 g/mol. The Morgan fingerprint density at radius 2 is 1.96 bits per heavy atom. The number of furan rings is 1. The second-order valence-electron chi connectivity index (χ2n) is 5.84. The van der Waals surface area contributed by atoms with Crippen LogP contribution in [0.5, 0.6) is 5.75 Å². The van der Waals surface area contributed by atoms with Crippen molar-refractivity contribution >= 4 is 33.8 Å². The van der Waals surface area contributed by atoms with Crippen molar-refractivity contribution in [2.45, 2.75) is 0 Å². The number of fused-ring (bicyclic) bond motifs is 3. The first-order chi connectivity index (χ1) is 11.2. The van der Waals surface area contributed by atoms with E-state index >= 15 is 0 Å². The first-order valence-electron chi connectivity index (χ1n) is 7.63. The molecule has 0 spiro atoms. The second kappa shape index (κ2) is 5.27. The topological polar surface area (TPSA) is 80.7 Å². The van der Waals surface area contributed by atoms with Crippen LogP contribution in [0.4, 0.5) is 11.8 Å². The van der Waals surface area contributed by atoms with Crippen LogP contribution in [-0.2, 0) is 0 Å². The minimum atomic E-state index is 0.261. The number of nitrogen functional groups attached to an aromatic ring is 1. The molecule has 7 nitrogen and oxygen atoms in total. The van der Waals surface area contributed by atoms with Crippen LogP contribution in [0.1, 0.15) is 0 Å². The summed E-state index contributed by atoms with van der Waals surface area (Å²) >= 11 is 0. The summed E-state index contributed by atoms with van der Waals surface area (Å²) in [6, 6.07) is 5.68. The van der Waals surface area contributed by atoms with Gasteiger partial charge in [0.1, 0.15) is 16.8 Å². The molecule has 1 saturated heterocycles. The largest absolute Gasteiger partial charge is 0.497 e. The molecule has 1 fully saturated rings. The molecule has 120 valence electrons. The van der Waals surface area contributed by atoms with Crippen LogP contribution in [-0.4, -0.2) is 55.2 Å². The van der Waals surface area contributed by atoms with Gasteiger partial charge in [0.05, 0.1) is 12.5 Å². The maximum Gasteiger partial charge on any atom is 0.222 e. The molecule has 2 aromatic heterocycles. The summed E-state index contributed by atoms with van der Waals surface area (Å²) in [7, 11) is 3.76. The standard InChI is InChI=1S/C16H19N5O2/c1-20-5-7-21(8-6-20)15-14-13(18-16(17)19-15)11-9-10(22-2)3-4-12(11)23-14/h3-4,9H,5-8H2,1-2H3,(H2,17,18,19). The number of methoxy groups -OCH3 is 1. The maximum atomic E-state index is 6.03. The van der Waals surface area contributed by atoms with Gasteiger partial charge in [-0.05, 0) is 25.2 Å². The Morgan fingerprint density at radius 1 is 1.17 bits per heavy atom. The van der Waals surface area contributed by atoms with Gasteiger partial charge in [0, 0.05) is 26.2 Å². The van der Waals surface area contributed by atoms with E-state index in [-0.39, 0.29) is 5.95 Å². The van der Waals surface area contributed by atoms with E-state index in [0.29, 0.717) is 5.58 Å². The summed E-state index contributed by atoms with van der Waals surface area (Å²) in [5.74, 6) is 1.80.